The van der Waals surface area contributed by atoms with Gasteiger partial charge in [0.05, 0.1) is 7.11 Å². The molecule has 0 saturated carbocycles. The van der Waals surface area contributed by atoms with Crippen molar-refractivity contribution in [2.45, 2.75) is 5.54 Å². The van der Waals surface area contributed by atoms with Crippen LogP contribution in [0.4, 0.5) is 4.79 Å². The first kappa shape index (κ1) is 12.8. The van der Waals surface area contributed by atoms with Gasteiger partial charge in [-0.25, -0.2) is 4.79 Å². The van der Waals surface area contributed by atoms with E-state index in [1.807, 2.05) is 0 Å². The number of imide groups is 1. The summed E-state index contributed by atoms with van der Waals surface area (Å²) in [5.74, 6) is 0.00685. The van der Waals surface area contributed by atoms with Gasteiger partial charge >= 0.3 is 6.03 Å². The quantitative estimate of drug-likeness (QED) is 0.706. The van der Waals surface area contributed by atoms with Crippen molar-refractivity contribution in [3.63, 3.8) is 0 Å². The van der Waals surface area contributed by atoms with Crippen LogP contribution in [-0.2, 0) is 10.3 Å². The van der Waals surface area contributed by atoms with Crippen molar-refractivity contribution < 1.29 is 14.3 Å². The third-order valence-electron chi connectivity index (χ3n) is 2.87. The molecule has 1 fully saturated rings. The van der Waals surface area contributed by atoms with Gasteiger partial charge in [0.15, 0.2) is 5.54 Å². The van der Waals surface area contributed by atoms with Crippen molar-refractivity contribution in [3.8, 4) is 5.75 Å². The number of carbonyl (C=O) groups excluding carboxylic acids is 2. The lowest BCUT2D eigenvalue weighted by atomic mass is 9.89. The van der Waals surface area contributed by atoms with Crippen molar-refractivity contribution in [3.05, 3.63) is 28.2 Å². The number of amides is 3. The molecule has 4 N–H and O–H groups in total. The number of carbonyl (C=O) groups is 2. The number of nitrogens with one attached hydrogen (secondary N) is 2. The highest BCUT2D eigenvalue weighted by Crippen LogP contribution is 2.34. The van der Waals surface area contributed by atoms with Gasteiger partial charge < -0.3 is 15.8 Å². The van der Waals surface area contributed by atoms with Crippen LogP contribution in [-0.4, -0.2) is 25.6 Å². The van der Waals surface area contributed by atoms with Crippen molar-refractivity contribution in [2.75, 3.05) is 13.7 Å². The highest BCUT2D eigenvalue weighted by molar-refractivity contribution is 9.10. The lowest BCUT2D eigenvalue weighted by Crippen LogP contribution is -2.50. The lowest BCUT2D eigenvalue weighted by molar-refractivity contribution is -0.124. The van der Waals surface area contributed by atoms with Gasteiger partial charge in [0, 0.05) is 16.6 Å². The summed E-state index contributed by atoms with van der Waals surface area (Å²) < 4.78 is 5.98. The number of urea groups is 1. The van der Waals surface area contributed by atoms with Crippen LogP contribution in [0.15, 0.2) is 22.7 Å². The van der Waals surface area contributed by atoms with Gasteiger partial charge in [-0.1, -0.05) is 15.9 Å². The zero-order valence-corrected chi connectivity index (χ0v) is 11.2. The Morgan fingerprint density at radius 1 is 1.44 bits per heavy atom. The molecule has 0 radical (unpaired) electrons. The van der Waals surface area contributed by atoms with Crippen LogP contribution in [0.2, 0.25) is 0 Å². The minimum absolute atomic E-state index is 0.0581. The number of hydrogen-bond donors (Lipinski definition) is 3. The number of halogens is 1. The first-order chi connectivity index (χ1) is 8.53. The predicted molar refractivity (Wildman–Crippen MR) is 68.1 cm³/mol. The minimum atomic E-state index is -1.29. The fraction of sp³-hybridized carbons (Fsp3) is 0.273. The first-order valence-electron chi connectivity index (χ1n) is 5.21. The van der Waals surface area contributed by atoms with Crippen LogP contribution in [0.25, 0.3) is 0 Å². The summed E-state index contributed by atoms with van der Waals surface area (Å²) in [5, 5.41) is 4.75. The van der Waals surface area contributed by atoms with Gasteiger partial charge in [0.25, 0.3) is 5.91 Å². The van der Waals surface area contributed by atoms with Gasteiger partial charge in [0.1, 0.15) is 5.75 Å². The van der Waals surface area contributed by atoms with Crippen LogP contribution >= 0.6 is 15.9 Å². The number of hydrogen-bond acceptors (Lipinski definition) is 4. The molecule has 96 valence electrons. The summed E-state index contributed by atoms with van der Waals surface area (Å²) >= 11 is 3.32. The molecule has 2 rings (SSSR count). The van der Waals surface area contributed by atoms with E-state index in [1.54, 1.807) is 18.2 Å². The van der Waals surface area contributed by atoms with E-state index in [9.17, 15) is 9.59 Å². The Morgan fingerprint density at radius 3 is 2.67 bits per heavy atom. The Bertz CT molecular complexity index is 520. The zero-order valence-electron chi connectivity index (χ0n) is 9.62. The van der Waals surface area contributed by atoms with Crippen LogP contribution in [0, 0.1) is 0 Å². The van der Waals surface area contributed by atoms with E-state index in [4.69, 9.17) is 10.5 Å². The molecule has 1 aliphatic rings. The summed E-state index contributed by atoms with van der Waals surface area (Å²) in [7, 11) is 1.49. The van der Waals surface area contributed by atoms with Crippen molar-refractivity contribution in [1.82, 2.24) is 10.6 Å². The molecule has 1 aromatic rings. The van der Waals surface area contributed by atoms with Crippen LogP contribution in [0.5, 0.6) is 5.75 Å². The Balaban J connectivity index is 2.61. The zero-order chi connectivity index (χ0) is 13.3. The van der Waals surface area contributed by atoms with E-state index < -0.39 is 17.5 Å². The van der Waals surface area contributed by atoms with Gasteiger partial charge in [-0.05, 0) is 18.2 Å². The molecule has 18 heavy (non-hydrogen) atoms. The molecule has 1 atom stereocenters. The molecule has 0 bridgehead atoms. The minimum Gasteiger partial charge on any atom is -0.496 e. The summed E-state index contributed by atoms with van der Waals surface area (Å²) in [5.41, 5.74) is 4.91. The molecule has 1 saturated heterocycles. The Hall–Kier alpha value is -1.60. The normalized spacial score (nSPS) is 22.6. The van der Waals surface area contributed by atoms with Gasteiger partial charge in [0.2, 0.25) is 0 Å². The van der Waals surface area contributed by atoms with E-state index in [0.717, 1.165) is 4.47 Å². The summed E-state index contributed by atoms with van der Waals surface area (Å²) in [6.07, 6.45) is 0. The van der Waals surface area contributed by atoms with Crippen LogP contribution < -0.4 is 21.1 Å². The first-order valence-corrected chi connectivity index (χ1v) is 6.00. The molecule has 0 aromatic heterocycles. The molecule has 0 spiro atoms. The molecule has 1 aromatic carbocycles. The second-order valence-corrected chi connectivity index (χ2v) is 4.78. The number of nitrogens with two attached hydrogens (primary N) is 1. The number of ether oxygens (including phenoxy) is 1. The molecule has 3 amide bonds. The van der Waals surface area contributed by atoms with E-state index in [1.165, 1.54) is 7.11 Å². The third-order valence-corrected chi connectivity index (χ3v) is 3.36. The summed E-state index contributed by atoms with van der Waals surface area (Å²) in [4.78, 5) is 23.3. The summed E-state index contributed by atoms with van der Waals surface area (Å²) in [6, 6.07) is 4.62. The van der Waals surface area contributed by atoms with Gasteiger partial charge in [-0.3, -0.25) is 10.1 Å². The largest absolute Gasteiger partial charge is 0.496 e. The fourth-order valence-electron chi connectivity index (χ4n) is 1.95. The molecule has 7 heteroatoms. The van der Waals surface area contributed by atoms with Gasteiger partial charge in [-0.2, -0.15) is 0 Å². The fourth-order valence-corrected chi connectivity index (χ4v) is 2.31. The third kappa shape index (κ3) is 1.85. The highest BCUT2D eigenvalue weighted by Gasteiger charge is 2.48. The number of rotatable bonds is 3. The van der Waals surface area contributed by atoms with E-state index >= 15 is 0 Å². The van der Waals surface area contributed by atoms with Crippen LogP contribution in [0.3, 0.4) is 0 Å². The monoisotopic (exact) mass is 313 g/mol. The summed E-state index contributed by atoms with van der Waals surface area (Å²) in [6.45, 7) is -0.0581. The van der Waals surface area contributed by atoms with E-state index in [2.05, 4.69) is 26.6 Å². The standard InChI is InChI=1S/C11H12BrN3O3/c1-18-8-3-2-6(12)4-7(8)11(5-13)9(16)14-10(17)15-11/h2-4H,5,13H2,1H3,(H2,14,15,16,17). The Labute approximate surface area is 112 Å². The average Bonchev–Trinajstić information content (AvgIpc) is 2.64. The molecule has 1 unspecified atom stereocenters. The molecule has 1 aliphatic heterocycles. The average molecular weight is 314 g/mol. The second-order valence-electron chi connectivity index (χ2n) is 3.86. The maximum atomic E-state index is 12.0. The highest BCUT2D eigenvalue weighted by atomic mass is 79.9. The van der Waals surface area contributed by atoms with Crippen molar-refractivity contribution in [1.29, 1.82) is 0 Å². The van der Waals surface area contributed by atoms with E-state index in [0.29, 0.717) is 11.3 Å². The Kier molecular flexibility index (Phi) is 3.27. The van der Waals surface area contributed by atoms with Crippen LogP contribution in [0.1, 0.15) is 5.56 Å². The van der Waals surface area contributed by atoms with Crippen molar-refractivity contribution in [2.24, 2.45) is 5.73 Å². The van der Waals surface area contributed by atoms with E-state index in [-0.39, 0.29) is 6.54 Å². The topological polar surface area (TPSA) is 93.4 Å². The van der Waals surface area contributed by atoms with Crippen molar-refractivity contribution >= 4 is 27.9 Å². The maximum absolute atomic E-state index is 12.0. The SMILES string of the molecule is COc1ccc(Br)cc1C1(CN)NC(=O)NC1=O. The molecule has 6 nitrogen and oxygen atoms in total. The molecular weight excluding hydrogens is 302 g/mol. The molecule has 0 aliphatic carbocycles. The molecular formula is C11H12BrN3O3. The maximum Gasteiger partial charge on any atom is 0.322 e. The van der Waals surface area contributed by atoms with Gasteiger partial charge in [-0.15, -0.1) is 0 Å². The molecule has 1 heterocycles. The number of benzene rings is 1. The smallest absolute Gasteiger partial charge is 0.322 e. The second kappa shape index (κ2) is 4.58. The number of methoxy groups -OCH3 is 1. The lowest BCUT2D eigenvalue weighted by Gasteiger charge is -2.26. The Morgan fingerprint density at radius 2 is 2.17 bits per heavy atom. The predicted octanol–water partition coefficient (Wildman–Crippen LogP) is 0.451.